The fraction of sp³-hybridized carbons (Fsp3) is 1.00. The first-order valence-corrected chi connectivity index (χ1v) is 10.1. The van der Waals surface area contributed by atoms with Gasteiger partial charge < -0.3 is 4.21 Å². The number of hydrogen-bond donors (Lipinski definition) is 0. The first-order valence-electron chi connectivity index (χ1n) is 5.22. The Morgan fingerprint density at radius 2 is 1.27 bits per heavy atom. The summed E-state index contributed by atoms with van der Waals surface area (Å²) in [5.74, 6) is 0. The van der Waals surface area contributed by atoms with E-state index in [0.717, 1.165) is 0 Å². The van der Waals surface area contributed by atoms with Crippen LogP contribution in [0.2, 0.25) is 19.6 Å². The van der Waals surface area contributed by atoms with Gasteiger partial charge in [0.2, 0.25) is 0 Å². The molecule has 0 aliphatic carbocycles. The lowest BCUT2D eigenvalue weighted by Gasteiger charge is -2.27. The monoisotopic (exact) mass is 254 g/mol. The zero-order valence-corrected chi connectivity index (χ0v) is 12.6. The van der Waals surface area contributed by atoms with Crippen LogP contribution in [0.3, 0.4) is 0 Å². The lowest BCUT2D eigenvalue weighted by atomic mass is 10.5. The lowest BCUT2D eigenvalue weighted by Crippen LogP contribution is -2.26. The highest BCUT2D eigenvalue weighted by atomic mass is 31.2. The van der Waals surface area contributed by atoms with E-state index in [1.165, 1.54) is 0 Å². The molecule has 0 aliphatic heterocycles. The minimum Gasteiger partial charge on any atom is -0.330 e. The van der Waals surface area contributed by atoms with Crippen LogP contribution < -0.4 is 0 Å². The molecule has 92 valence electrons. The Morgan fingerprint density at radius 3 is 1.47 bits per heavy atom. The zero-order chi connectivity index (χ0) is 12.3. The van der Waals surface area contributed by atoms with Gasteiger partial charge in [-0.25, -0.2) is 4.57 Å². The van der Waals surface area contributed by atoms with E-state index in [9.17, 15) is 4.57 Å². The van der Waals surface area contributed by atoms with E-state index < -0.39 is 16.1 Å². The molecule has 0 amide bonds. The third-order valence-corrected chi connectivity index (χ3v) is 5.51. The summed E-state index contributed by atoms with van der Waals surface area (Å²) in [5.41, 5.74) is 0. The van der Waals surface area contributed by atoms with E-state index in [2.05, 4.69) is 0 Å². The fourth-order valence-electron chi connectivity index (χ4n) is 0.920. The molecule has 0 unspecified atom stereocenters. The molecule has 0 heterocycles. The zero-order valence-electron chi connectivity index (χ0n) is 10.7. The van der Waals surface area contributed by atoms with Gasteiger partial charge in [0.15, 0.2) is 8.32 Å². The van der Waals surface area contributed by atoms with Gasteiger partial charge in [0.1, 0.15) is 0 Å². The topological polar surface area (TPSA) is 44.8 Å². The van der Waals surface area contributed by atoms with E-state index in [1.54, 1.807) is 0 Å². The predicted octanol–water partition coefficient (Wildman–Crippen LogP) is 3.80. The highest BCUT2D eigenvalue weighted by molar-refractivity contribution is 7.50. The smallest absolute Gasteiger partial charge is 0.330 e. The van der Waals surface area contributed by atoms with Gasteiger partial charge in [0.25, 0.3) is 0 Å². The van der Waals surface area contributed by atoms with Crippen molar-refractivity contribution in [3.63, 3.8) is 0 Å². The quantitative estimate of drug-likeness (QED) is 0.534. The molecule has 0 atom stereocenters. The summed E-state index contributed by atoms with van der Waals surface area (Å²) in [6, 6.07) is 0. The minimum atomic E-state index is -3.39. The summed E-state index contributed by atoms with van der Waals surface area (Å²) in [6.07, 6.45) is -0.350. The molecule has 0 spiro atoms. The lowest BCUT2D eigenvalue weighted by molar-refractivity contribution is 0.102. The van der Waals surface area contributed by atoms with Crippen LogP contribution in [0.5, 0.6) is 0 Å². The summed E-state index contributed by atoms with van der Waals surface area (Å²) >= 11 is 0. The third kappa shape index (κ3) is 8.17. The van der Waals surface area contributed by atoms with Crippen molar-refractivity contribution in [3.8, 4) is 0 Å². The second kappa shape index (κ2) is 5.59. The van der Waals surface area contributed by atoms with E-state index in [0.29, 0.717) is 0 Å². The average Bonchev–Trinajstić information content (AvgIpc) is 1.73. The Morgan fingerprint density at radius 1 is 0.933 bits per heavy atom. The minimum absolute atomic E-state index is 0.175. The number of phosphoric ester groups is 1. The summed E-state index contributed by atoms with van der Waals surface area (Å²) in [5, 5.41) is 0. The number of rotatable bonds is 6. The van der Waals surface area contributed by atoms with E-state index in [-0.39, 0.29) is 12.2 Å². The fourth-order valence-corrected chi connectivity index (χ4v) is 5.03. The summed E-state index contributed by atoms with van der Waals surface area (Å²) < 4.78 is 28.3. The van der Waals surface area contributed by atoms with Crippen molar-refractivity contribution < 1.29 is 17.8 Å². The molecule has 0 bridgehead atoms. The highest BCUT2D eigenvalue weighted by Crippen LogP contribution is 2.53. The van der Waals surface area contributed by atoms with Crippen LogP contribution >= 0.6 is 7.82 Å². The molecule has 15 heavy (non-hydrogen) atoms. The van der Waals surface area contributed by atoms with Crippen molar-refractivity contribution in [3.05, 3.63) is 0 Å². The highest BCUT2D eigenvalue weighted by Gasteiger charge is 2.35. The molecule has 0 radical (unpaired) electrons. The summed E-state index contributed by atoms with van der Waals surface area (Å²) in [7, 11) is -5.33. The van der Waals surface area contributed by atoms with Crippen molar-refractivity contribution in [2.75, 3.05) is 0 Å². The molecule has 0 aliphatic rings. The van der Waals surface area contributed by atoms with Gasteiger partial charge in [-0.15, -0.1) is 0 Å². The molecular formula is C9H23O4PSi. The predicted molar refractivity (Wildman–Crippen MR) is 64.5 cm³/mol. The molecule has 0 saturated carbocycles. The first kappa shape index (κ1) is 15.3. The number of phosphoric acid groups is 1. The standard InChI is InChI=1S/C9H23O4PSi/c1-8(2)11-14(10,12-9(3)4)13-15(5,6)7/h8-9H,1-7H3. The van der Waals surface area contributed by atoms with Crippen molar-refractivity contribution in [2.24, 2.45) is 0 Å². The molecule has 0 fully saturated rings. The van der Waals surface area contributed by atoms with Gasteiger partial charge in [0, 0.05) is 0 Å². The van der Waals surface area contributed by atoms with Crippen LogP contribution in [0, 0.1) is 0 Å². The Labute approximate surface area is 94.1 Å². The SMILES string of the molecule is CC(C)OP(=O)(OC(C)C)O[Si](C)(C)C. The first-order chi connectivity index (χ1) is 6.54. The van der Waals surface area contributed by atoms with Crippen LogP contribution in [0.15, 0.2) is 0 Å². The van der Waals surface area contributed by atoms with E-state index in [4.69, 9.17) is 13.3 Å². The maximum atomic E-state index is 12.2. The van der Waals surface area contributed by atoms with Crippen LogP contribution in [0.25, 0.3) is 0 Å². The van der Waals surface area contributed by atoms with E-state index in [1.807, 2.05) is 47.3 Å². The third-order valence-electron chi connectivity index (χ3n) is 1.07. The molecule has 0 aromatic rings. The Kier molecular flexibility index (Phi) is 5.72. The molecule has 0 saturated heterocycles. The average molecular weight is 254 g/mol. The normalized spacial score (nSPS) is 13.9. The van der Waals surface area contributed by atoms with Gasteiger partial charge in [-0.3, -0.25) is 9.05 Å². The van der Waals surface area contributed by atoms with Gasteiger partial charge in [-0.1, -0.05) is 0 Å². The van der Waals surface area contributed by atoms with Gasteiger partial charge in [-0.05, 0) is 47.3 Å². The van der Waals surface area contributed by atoms with Crippen LogP contribution in [0.4, 0.5) is 0 Å². The van der Waals surface area contributed by atoms with Crippen LogP contribution in [0.1, 0.15) is 27.7 Å². The Balaban J connectivity index is 4.63. The maximum Gasteiger partial charge on any atom is 0.465 e. The second-order valence-electron chi connectivity index (χ2n) is 4.96. The van der Waals surface area contributed by atoms with Crippen molar-refractivity contribution in [2.45, 2.75) is 59.5 Å². The molecule has 0 rings (SSSR count). The van der Waals surface area contributed by atoms with Crippen molar-refractivity contribution in [1.82, 2.24) is 0 Å². The Bertz CT molecular complexity index is 221. The molecule has 4 nitrogen and oxygen atoms in total. The van der Waals surface area contributed by atoms with Gasteiger partial charge in [0.05, 0.1) is 12.2 Å². The largest absolute Gasteiger partial charge is 0.465 e. The second-order valence-corrected chi connectivity index (χ2v) is 11.2. The molecule has 0 aromatic heterocycles. The van der Waals surface area contributed by atoms with Gasteiger partial charge >= 0.3 is 7.82 Å². The number of hydrogen-bond acceptors (Lipinski definition) is 4. The maximum absolute atomic E-state index is 12.2. The molecule has 6 heteroatoms. The summed E-state index contributed by atoms with van der Waals surface area (Å²) in [4.78, 5) is 0. The van der Waals surface area contributed by atoms with Crippen LogP contribution in [-0.2, 0) is 17.8 Å². The molecule has 0 N–H and O–H groups in total. The Hall–Kier alpha value is 0.327. The van der Waals surface area contributed by atoms with Crippen LogP contribution in [-0.4, -0.2) is 20.5 Å². The van der Waals surface area contributed by atoms with Crippen molar-refractivity contribution in [1.29, 1.82) is 0 Å². The van der Waals surface area contributed by atoms with Gasteiger partial charge in [-0.2, -0.15) is 0 Å². The van der Waals surface area contributed by atoms with E-state index >= 15 is 0 Å². The van der Waals surface area contributed by atoms with Crippen molar-refractivity contribution >= 4 is 16.1 Å². The summed E-state index contributed by atoms with van der Waals surface area (Å²) in [6.45, 7) is 13.1. The molecule has 0 aromatic carbocycles. The molecular weight excluding hydrogens is 231 g/mol.